The zero-order valence-corrected chi connectivity index (χ0v) is 13.9. The molecule has 1 aliphatic heterocycles. The van der Waals surface area contributed by atoms with Crippen LogP contribution in [0.25, 0.3) is 0 Å². The molecule has 0 amide bonds. The summed E-state index contributed by atoms with van der Waals surface area (Å²) in [5, 5.41) is 0. The molecule has 2 atom stereocenters. The maximum absolute atomic E-state index is 12.0. The molecule has 1 fully saturated rings. The van der Waals surface area contributed by atoms with Gasteiger partial charge in [-0.25, -0.2) is 0 Å². The first-order chi connectivity index (χ1) is 9.64. The number of hydrogen-bond acceptors (Lipinski definition) is 2. The third kappa shape index (κ3) is 5.46. The highest BCUT2D eigenvalue weighted by Crippen LogP contribution is 2.43. The van der Waals surface area contributed by atoms with Gasteiger partial charge in [-0.2, -0.15) is 0 Å². The molecule has 0 spiro atoms. The quantitative estimate of drug-likeness (QED) is 0.369. The molecule has 0 aromatic rings. The summed E-state index contributed by atoms with van der Waals surface area (Å²) in [5.74, 6) is 0.225. The Hall–Kier alpha value is -0.530. The summed E-state index contributed by atoms with van der Waals surface area (Å²) in [6.45, 7) is 7.47. The van der Waals surface area contributed by atoms with Crippen molar-refractivity contribution in [2.45, 2.75) is 91.4 Å². The van der Waals surface area contributed by atoms with E-state index in [0.717, 1.165) is 6.42 Å². The molecule has 2 heteroatoms. The number of esters is 1. The fourth-order valence-electron chi connectivity index (χ4n) is 3.51. The number of unbranched alkanes of at least 4 members (excludes halogenated alkanes) is 6. The number of rotatable bonds is 11. The molecule has 0 aliphatic carbocycles. The van der Waals surface area contributed by atoms with Crippen molar-refractivity contribution in [3.63, 3.8) is 0 Å². The van der Waals surface area contributed by atoms with E-state index in [9.17, 15) is 4.79 Å². The predicted molar refractivity (Wildman–Crippen MR) is 84.7 cm³/mol. The van der Waals surface area contributed by atoms with Gasteiger partial charge in [0.15, 0.2) is 0 Å². The van der Waals surface area contributed by atoms with Crippen molar-refractivity contribution >= 4 is 5.97 Å². The number of hydrogen-bond donors (Lipinski definition) is 0. The minimum atomic E-state index is 0.0672. The van der Waals surface area contributed by atoms with Gasteiger partial charge >= 0.3 is 5.97 Å². The maximum Gasteiger partial charge on any atom is 0.309 e. The second kappa shape index (κ2) is 9.41. The summed E-state index contributed by atoms with van der Waals surface area (Å²) in [5.41, 5.74) is 0.176. The largest absolute Gasteiger partial charge is 0.465 e. The average molecular weight is 282 g/mol. The summed E-state index contributed by atoms with van der Waals surface area (Å²) in [7, 11) is 0. The van der Waals surface area contributed by atoms with Gasteiger partial charge in [0, 0.05) is 0 Å². The SMILES string of the molecule is CCCCCCCC(C)(CCCCC)C1CCOC1=O. The summed E-state index contributed by atoms with van der Waals surface area (Å²) < 4.78 is 5.22. The fourth-order valence-corrected chi connectivity index (χ4v) is 3.51. The second-order valence-electron chi connectivity index (χ2n) is 6.78. The van der Waals surface area contributed by atoms with Crippen LogP contribution < -0.4 is 0 Å². The van der Waals surface area contributed by atoms with Crippen molar-refractivity contribution in [1.82, 2.24) is 0 Å². The normalized spacial score (nSPS) is 21.8. The molecule has 0 radical (unpaired) electrons. The average Bonchev–Trinajstić information content (AvgIpc) is 2.86. The monoisotopic (exact) mass is 282 g/mol. The summed E-state index contributed by atoms with van der Waals surface area (Å²) in [4.78, 5) is 12.0. The smallest absolute Gasteiger partial charge is 0.309 e. The van der Waals surface area contributed by atoms with Gasteiger partial charge in [-0.1, -0.05) is 72.1 Å². The van der Waals surface area contributed by atoms with Crippen LogP contribution in [0.1, 0.15) is 91.4 Å². The molecular formula is C18H34O2. The van der Waals surface area contributed by atoms with Gasteiger partial charge in [-0.3, -0.25) is 4.79 Å². The van der Waals surface area contributed by atoms with E-state index in [0.29, 0.717) is 6.61 Å². The molecular weight excluding hydrogens is 248 g/mol. The fraction of sp³-hybridized carbons (Fsp3) is 0.944. The van der Waals surface area contributed by atoms with Crippen LogP contribution in [0, 0.1) is 11.3 Å². The molecule has 0 bridgehead atoms. The van der Waals surface area contributed by atoms with Crippen LogP contribution >= 0.6 is 0 Å². The van der Waals surface area contributed by atoms with Gasteiger partial charge in [0.05, 0.1) is 12.5 Å². The Morgan fingerprint density at radius 2 is 1.55 bits per heavy atom. The highest BCUT2D eigenvalue weighted by atomic mass is 16.5. The van der Waals surface area contributed by atoms with Crippen LogP contribution in [-0.2, 0) is 9.53 Å². The Morgan fingerprint density at radius 3 is 2.10 bits per heavy atom. The van der Waals surface area contributed by atoms with Crippen molar-refractivity contribution in [3.8, 4) is 0 Å². The van der Waals surface area contributed by atoms with Gasteiger partial charge in [0.2, 0.25) is 0 Å². The lowest BCUT2D eigenvalue weighted by Crippen LogP contribution is -2.31. The van der Waals surface area contributed by atoms with E-state index in [1.54, 1.807) is 0 Å². The number of carbonyl (C=O) groups is 1. The van der Waals surface area contributed by atoms with Crippen LogP contribution in [0.15, 0.2) is 0 Å². The van der Waals surface area contributed by atoms with Gasteiger partial charge < -0.3 is 4.74 Å². The zero-order chi connectivity index (χ0) is 14.8. The molecule has 1 rings (SSSR count). The molecule has 118 valence electrons. The second-order valence-corrected chi connectivity index (χ2v) is 6.78. The van der Waals surface area contributed by atoms with Crippen molar-refractivity contribution in [3.05, 3.63) is 0 Å². The lowest BCUT2D eigenvalue weighted by Gasteiger charge is -2.33. The first-order valence-corrected chi connectivity index (χ1v) is 8.80. The molecule has 1 aliphatic rings. The van der Waals surface area contributed by atoms with E-state index in [1.165, 1.54) is 64.2 Å². The third-order valence-electron chi connectivity index (χ3n) is 4.98. The van der Waals surface area contributed by atoms with Crippen LogP contribution in [0.2, 0.25) is 0 Å². The molecule has 0 N–H and O–H groups in total. The summed E-state index contributed by atoms with van der Waals surface area (Å²) >= 11 is 0. The van der Waals surface area contributed by atoms with Crippen molar-refractivity contribution in [1.29, 1.82) is 0 Å². The Bertz CT molecular complexity index is 275. The number of cyclic esters (lactones) is 1. The standard InChI is InChI=1S/C18H34O2/c1-4-6-8-9-11-14-18(3,13-10-7-5-2)16-12-15-20-17(16)19/h16H,4-15H2,1-3H3. The molecule has 2 nitrogen and oxygen atoms in total. The van der Waals surface area contributed by atoms with Gasteiger partial charge in [-0.15, -0.1) is 0 Å². The van der Waals surface area contributed by atoms with Crippen molar-refractivity contribution in [2.24, 2.45) is 11.3 Å². The molecule has 1 heterocycles. The zero-order valence-electron chi connectivity index (χ0n) is 13.9. The van der Waals surface area contributed by atoms with Crippen molar-refractivity contribution < 1.29 is 9.53 Å². The lowest BCUT2D eigenvalue weighted by molar-refractivity contribution is -0.144. The van der Waals surface area contributed by atoms with E-state index >= 15 is 0 Å². The summed E-state index contributed by atoms with van der Waals surface area (Å²) in [6, 6.07) is 0. The number of ether oxygens (including phenoxy) is 1. The Balaban J connectivity index is 2.47. The van der Waals surface area contributed by atoms with E-state index in [4.69, 9.17) is 4.74 Å². The molecule has 0 saturated carbocycles. The highest BCUT2D eigenvalue weighted by molar-refractivity contribution is 5.75. The minimum absolute atomic E-state index is 0.0672. The highest BCUT2D eigenvalue weighted by Gasteiger charge is 2.41. The van der Waals surface area contributed by atoms with Crippen molar-refractivity contribution in [2.75, 3.05) is 6.61 Å². The predicted octanol–water partition coefficient (Wildman–Crippen LogP) is 5.50. The molecule has 0 aromatic heterocycles. The Labute approximate surface area is 125 Å². The first-order valence-electron chi connectivity index (χ1n) is 8.80. The molecule has 2 unspecified atom stereocenters. The van der Waals surface area contributed by atoms with Gasteiger partial charge in [0.25, 0.3) is 0 Å². The number of carbonyl (C=O) groups excluding carboxylic acids is 1. The van der Waals surface area contributed by atoms with Crippen LogP contribution in [-0.4, -0.2) is 12.6 Å². The third-order valence-corrected chi connectivity index (χ3v) is 4.98. The van der Waals surface area contributed by atoms with Crippen LogP contribution in [0.4, 0.5) is 0 Å². The Morgan fingerprint density at radius 1 is 1.00 bits per heavy atom. The van der Waals surface area contributed by atoms with E-state index < -0.39 is 0 Å². The van der Waals surface area contributed by atoms with Gasteiger partial charge in [0.1, 0.15) is 0 Å². The maximum atomic E-state index is 12.0. The molecule has 20 heavy (non-hydrogen) atoms. The van der Waals surface area contributed by atoms with E-state index in [2.05, 4.69) is 20.8 Å². The topological polar surface area (TPSA) is 26.3 Å². The van der Waals surface area contributed by atoms with E-state index in [1.807, 2.05) is 0 Å². The minimum Gasteiger partial charge on any atom is -0.465 e. The summed E-state index contributed by atoms with van der Waals surface area (Å²) in [6.07, 6.45) is 13.7. The van der Waals surface area contributed by atoms with Crippen LogP contribution in [0.5, 0.6) is 0 Å². The molecule has 1 saturated heterocycles. The Kier molecular flexibility index (Phi) is 8.25. The van der Waals surface area contributed by atoms with Crippen LogP contribution in [0.3, 0.4) is 0 Å². The van der Waals surface area contributed by atoms with Gasteiger partial charge in [-0.05, 0) is 24.7 Å². The lowest BCUT2D eigenvalue weighted by atomic mass is 9.69. The first kappa shape index (κ1) is 17.5. The van der Waals surface area contributed by atoms with E-state index in [-0.39, 0.29) is 17.3 Å². The molecule has 0 aromatic carbocycles.